The first kappa shape index (κ1) is 16.4. The molecule has 0 unspecified atom stereocenters. The van der Waals surface area contributed by atoms with Crippen LogP contribution in [0, 0.1) is 5.92 Å². The van der Waals surface area contributed by atoms with E-state index in [1.807, 2.05) is 0 Å². The van der Waals surface area contributed by atoms with Crippen LogP contribution < -0.4 is 15.5 Å². The molecule has 0 saturated carbocycles. The molecule has 1 aromatic carbocycles. The topological polar surface area (TPSA) is 39.7 Å². The van der Waals surface area contributed by atoms with E-state index in [9.17, 15) is 0 Å². The first-order valence-electron chi connectivity index (χ1n) is 8.20. The van der Waals surface area contributed by atoms with E-state index in [0.717, 1.165) is 32.1 Å². The van der Waals surface area contributed by atoms with Crippen LogP contribution >= 0.6 is 0 Å². The lowest BCUT2D eigenvalue weighted by molar-refractivity contribution is 0.615. The minimum Gasteiger partial charge on any atom is -0.364 e. The Hall–Kier alpha value is -1.97. The molecule has 1 aromatic rings. The summed E-state index contributed by atoms with van der Waals surface area (Å²) >= 11 is 0. The van der Waals surface area contributed by atoms with E-state index >= 15 is 0 Å². The zero-order chi connectivity index (χ0) is 15.8. The van der Waals surface area contributed by atoms with Crippen LogP contribution in [-0.2, 0) is 6.54 Å². The number of guanidine groups is 1. The Labute approximate surface area is 134 Å². The van der Waals surface area contributed by atoms with E-state index in [2.05, 4.69) is 77.7 Å². The van der Waals surface area contributed by atoms with Crippen molar-refractivity contribution in [1.29, 1.82) is 0 Å². The summed E-state index contributed by atoms with van der Waals surface area (Å²) in [5.41, 5.74) is 2.52. The highest BCUT2D eigenvalue weighted by atomic mass is 15.2. The van der Waals surface area contributed by atoms with E-state index in [4.69, 9.17) is 0 Å². The SMILES string of the molecule is CCNC(=NCc1cccc(N2CC=CC2)c1)NCC(C)C. The number of nitrogens with one attached hydrogen (secondary N) is 2. The number of nitrogens with zero attached hydrogens (tertiary/aromatic N) is 2. The van der Waals surface area contributed by atoms with Crippen molar-refractivity contribution in [3.05, 3.63) is 42.0 Å². The van der Waals surface area contributed by atoms with Crippen LogP contribution in [0.15, 0.2) is 41.4 Å². The summed E-state index contributed by atoms with van der Waals surface area (Å²) in [5.74, 6) is 1.50. The third kappa shape index (κ3) is 5.10. The molecule has 0 radical (unpaired) electrons. The fourth-order valence-corrected chi connectivity index (χ4v) is 2.35. The molecule has 0 amide bonds. The summed E-state index contributed by atoms with van der Waals surface area (Å²) in [7, 11) is 0. The fraction of sp³-hybridized carbons (Fsp3) is 0.500. The van der Waals surface area contributed by atoms with Crippen LogP contribution in [0.5, 0.6) is 0 Å². The van der Waals surface area contributed by atoms with Crippen LogP contribution in [0.4, 0.5) is 5.69 Å². The van der Waals surface area contributed by atoms with Gasteiger partial charge in [0.15, 0.2) is 5.96 Å². The minimum atomic E-state index is 0.606. The van der Waals surface area contributed by atoms with Gasteiger partial charge in [-0.1, -0.05) is 38.1 Å². The van der Waals surface area contributed by atoms with E-state index in [1.54, 1.807) is 0 Å². The van der Waals surface area contributed by atoms with Gasteiger partial charge in [0.05, 0.1) is 6.54 Å². The summed E-state index contributed by atoms with van der Waals surface area (Å²) in [6.45, 7) is 11.0. The van der Waals surface area contributed by atoms with Gasteiger partial charge in [0.25, 0.3) is 0 Å². The van der Waals surface area contributed by atoms with Gasteiger partial charge in [0, 0.05) is 31.9 Å². The molecule has 1 aliphatic heterocycles. The first-order valence-corrected chi connectivity index (χ1v) is 8.20. The van der Waals surface area contributed by atoms with Gasteiger partial charge in [-0.3, -0.25) is 0 Å². The van der Waals surface area contributed by atoms with Crippen LogP contribution in [0.3, 0.4) is 0 Å². The Morgan fingerprint density at radius 1 is 1.23 bits per heavy atom. The van der Waals surface area contributed by atoms with Gasteiger partial charge in [0.1, 0.15) is 0 Å². The third-order valence-electron chi connectivity index (χ3n) is 3.54. The molecule has 22 heavy (non-hydrogen) atoms. The van der Waals surface area contributed by atoms with Crippen LogP contribution in [0.2, 0.25) is 0 Å². The minimum absolute atomic E-state index is 0.606. The largest absolute Gasteiger partial charge is 0.364 e. The third-order valence-corrected chi connectivity index (χ3v) is 3.54. The lowest BCUT2D eigenvalue weighted by atomic mass is 10.2. The molecule has 1 heterocycles. The average Bonchev–Trinajstić information content (AvgIpc) is 3.04. The number of rotatable bonds is 6. The molecule has 0 saturated heterocycles. The molecule has 120 valence electrons. The predicted octanol–water partition coefficient (Wildman–Crippen LogP) is 2.77. The Balaban J connectivity index is 1.98. The van der Waals surface area contributed by atoms with Gasteiger partial charge in [-0.15, -0.1) is 0 Å². The van der Waals surface area contributed by atoms with Crippen molar-refractivity contribution < 1.29 is 0 Å². The van der Waals surface area contributed by atoms with Gasteiger partial charge in [0.2, 0.25) is 0 Å². The summed E-state index contributed by atoms with van der Waals surface area (Å²) in [5, 5.41) is 6.67. The predicted molar refractivity (Wildman–Crippen MR) is 95.5 cm³/mol. The molecule has 0 fully saturated rings. The van der Waals surface area contributed by atoms with Crippen LogP contribution in [-0.4, -0.2) is 32.1 Å². The van der Waals surface area contributed by atoms with Gasteiger partial charge < -0.3 is 15.5 Å². The molecule has 1 aliphatic rings. The second kappa shape index (κ2) is 8.47. The number of anilines is 1. The highest BCUT2D eigenvalue weighted by Crippen LogP contribution is 2.18. The number of hydrogen-bond donors (Lipinski definition) is 2. The van der Waals surface area contributed by atoms with Crippen molar-refractivity contribution in [3.63, 3.8) is 0 Å². The number of benzene rings is 1. The number of hydrogen-bond acceptors (Lipinski definition) is 2. The second-order valence-electron chi connectivity index (χ2n) is 6.02. The molecule has 0 spiro atoms. The van der Waals surface area contributed by atoms with Gasteiger partial charge in [-0.05, 0) is 30.5 Å². The highest BCUT2D eigenvalue weighted by Gasteiger charge is 2.07. The summed E-state index contributed by atoms with van der Waals surface area (Å²) in [6, 6.07) is 8.67. The zero-order valence-corrected chi connectivity index (χ0v) is 14.0. The molecule has 0 atom stereocenters. The Morgan fingerprint density at radius 2 is 2.00 bits per heavy atom. The van der Waals surface area contributed by atoms with E-state index in [1.165, 1.54) is 11.3 Å². The van der Waals surface area contributed by atoms with Gasteiger partial charge >= 0.3 is 0 Å². The summed E-state index contributed by atoms with van der Waals surface area (Å²) in [4.78, 5) is 7.04. The Morgan fingerprint density at radius 3 is 2.68 bits per heavy atom. The second-order valence-corrected chi connectivity index (χ2v) is 6.02. The molecule has 2 rings (SSSR count). The number of aliphatic imine (C=N–C) groups is 1. The smallest absolute Gasteiger partial charge is 0.191 e. The van der Waals surface area contributed by atoms with Crippen LogP contribution in [0.25, 0.3) is 0 Å². The van der Waals surface area contributed by atoms with E-state index in [-0.39, 0.29) is 0 Å². The molecule has 2 N–H and O–H groups in total. The molecule has 0 aromatic heterocycles. The molecule has 4 heteroatoms. The standard InChI is InChI=1S/C18H28N4/c1-4-19-18(20-13-15(2)3)21-14-16-8-7-9-17(12-16)22-10-5-6-11-22/h5-9,12,15H,4,10-11,13-14H2,1-3H3,(H2,19,20,21). The summed E-state index contributed by atoms with van der Waals surface area (Å²) in [6.07, 6.45) is 4.42. The quantitative estimate of drug-likeness (QED) is 0.482. The fourth-order valence-electron chi connectivity index (χ4n) is 2.35. The van der Waals surface area contributed by atoms with Gasteiger partial charge in [-0.25, -0.2) is 4.99 Å². The lowest BCUT2D eigenvalue weighted by Gasteiger charge is -2.18. The zero-order valence-electron chi connectivity index (χ0n) is 14.0. The molecule has 0 aliphatic carbocycles. The molecule has 0 bridgehead atoms. The Bertz CT molecular complexity index is 512. The normalized spacial score (nSPS) is 14.7. The average molecular weight is 300 g/mol. The van der Waals surface area contributed by atoms with Crippen molar-refractivity contribution in [2.75, 3.05) is 31.1 Å². The van der Waals surface area contributed by atoms with Crippen molar-refractivity contribution >= 4 is 11.6 Å². The van der Waals surface area contributed by atoms with E-state index in [0.29, 0.717) is 12.5 Å². The highest BCUT2D eigenvalue weighted by molar-refractivity contribution is 5.79. The van der Waals surface area contributed by atoms with Crippen molar-refractivity contribution in [2.24, 2.45) is 10.9 Å². The molecular weight excluding hydrogens is 272 g/mol. The summed E-state index contributed by atoms with van der Waals surface area (Å²) < 4.78 is 0. The first-order chi connectivity index (χ1) is 10.7. The van der Waals surface area contributed by atoms with Crippen molar-refractivity contribution in [2.45, 2.75) is 27.3 Å². The van der Waals surface area contributed by atoms with Gasteiger partial charge in [-0.2, -0.15) is 0 Å². The maximum atomic E-state index is 4.68. The van der Waals surface area contributed by atoms with E-state index < -0.39 is 0 Å². The maximum Gasteiger partial charge on any atom is 0.191 e. The van der Waals surface area contributed by atoms with Crippen LogP contribution in [0.1, 0.15) is 26.3 Å². The van der Waals surface area contributed by atoms with Crippen molar-refractivity contribution in [1.82, 2.24) is 10.6 Å². The monoisotopic (exact) mass is 300 g/mol. The molecule has 4 nitrogen and oxygen atoms in total. The maximum absolute atomic E-state index is 4.68. The molecular formula is C18H28N4. The lowest BCUT2D eigenvalue weighted by Crippen LogP contribution is -2.39. The Kier molecular flexibility index (Phi) is 6.31. The van der Waals surface area contributed by atoms with Crippen molar-refractivity contribution in [3.8, 4) is 0 Å².